The Morgan fingerprint density at radius 2 is 1.83 bits per heavy atom. The lowest BCUT2D eigenvalue weighted by atomic mass is 10.1. The van der Waals surface area contributed by atoms with Gasteiger partial charge in [-0.15, -0.1) is 0 Å². The summed E-state index contributed by atoms with van der Waals surface area (Å²) in [6.45, 7) is 11.2. The first-order chi connectivity index (χ1) is 8.67. The zero-order valence-corrected chi connectivity index (χ0v) is 12.8. The number of hydrogen-bond donors (Lipinski definition) is 1. The molecule has 18 heavy (non-hydrogen) atoms. The smallest absolute Gasteiger partial charge is 0.119 e. The third-order valence-electron chi connectivity index (χ3n) is 2.97. The fraction of sp³-hybridized carbons (Fsp3) is 0.625. The van der Waals surface area contributed by atoms with E-state index >= 15 is 0 Å². The van der Waals surface area contributed by atoms with Crippen LogP contribution in [0, 0.1) is 13.8 Å². The fourth-order valence-corrected chi connectivity index (χ4v) is 1.66. The van der Waals surface area contributed by atoms with Gasteiger partial charge in [-0.05, 0) is 50.6 Å². The molecule has 1 aromatic rings. The van der Waals surface area contributed by atoms with E-state index in [1.807, 2.05) is 27.0 Å². The predicted octanol–water partition coefficient (Wildman–Crippen LogP) is 4.10. The van der Waals surface area contributed by atoms with Gasteiger partial charge in [0, 0.05) is 6.04 Å². The minimum atomic E-state index is 0.451. The van der Waals surface area contributed by atoms with Gasteiger partial charge in [0.25, 0.3) is 0 Å². The number of likely N-dealkylation sites (N-methyl/N-ethyl adjacent to an activating group) is 1. The number of rotatable bonds is 6. The van der Waals surface area contributed by atoms with Crippen LogP contribution in [-0.2, 0) is 0 Å². The maximum atomic E-state index is 5.78. The van der Waals surface area contributed by atoms with Crippen molar-refractivity contribution in [2.75, 3.05) is 13.7 Å². The second-order valence-electron chi connectivity index (χ2n) is 4.33. The largest absolute Gasteiger partial charge is 0.492 e. The molecule has 0 fully saturated rings. The highest BCUT2D eigenvalue weighted by Gasteiger charge is 2.05. The van der Waals surface area contributed by atoms with Crippen molar-refractivity contribution in [2.24, 2.45) is 0 Å². The van der Waals surface area contributed by atoms with Gasteiger partial charge in [0.15, 0.2) is 0 Å². The molecule has 0 aliphatic heterocycles. The molecule has 1 aromatic carbocycles. The van der Waals surface area contributed by atoms with Gasteiger partial charge < -0.3 is 10.1 Å². The van der Waals surface area contributed by atoms with Crippen LogP contribution in [0.15, 0.2) is 18.2 Å². The molecule has 0 spiro atoms. The molecule has 1 rings (SSSR count). The Morgan fingerprint density at radius 3 is 2.33 bits per heavy atom. The maximum absolute atomic E-state index is 5.78. The van der Waals surface area contributed by atoms with E-state index in [1.54, 1.807) is 0 Å². The second kappa shape index (κ2) is 9.95. The molecule has 0 radical (unpaired) electrons. The van der Waals surface area contributed by atoms with Gasteiger partial charge in [0.05, 0.1) is 0 Å². The Hall–Kier alpha value is -1.02. The van der Waals surface area contributed by atoms with Crippen LogP contribution in [0.3, 0.4) is 0 Å². The molecule has 1 atom stereocenters. The van der Waals surface area contributed by atoms with Gasteiger partial charge in [-0.25, -0.2) is 0 Å². The van der Waals surface area contributed by atoms with Crippen molar-refractivity contribution in [1.82, 2.24) is 5.32 Å². The Labute approximate surface area is 113 Å². The summed E-state index contributed by atoms with van der Waals surface area (Å²) in [6.07, 6.45) is 2.34. The lowest BCUT2D eigenvalue weighted by Gasteiger charge is -2.16. The molecule has 1 N–H and O–H groups in total. The Bertz CT molecular complexity index is 323. The minimum Gasteiger partial charge on any atom is -0.492 e. The van der Waals surface area contributed by atoms with Crippen LogP contribution in [0.4, 0.5) is 0 Å². The van der Waals surface area contributed by atoms with Crippen LogP contribution in [0.1, 0.15) is 44.7 Å². The van der Waals surface area contributed by atoms with E-state index in [-0.39, 0.29) is 0 Å². The van der Waals surface area contributed by atoms with E-state index in [0.29, 0.717) is 6.04 Å². The minimum absolute atomic E-state index is 0.451. The highest BCUT2D eigenvalue weighted by molar-refractivity contribution is 5.33. The Kier molecular flexibility index (Phi) is 9.39. The SMILES string of the molecule is CC.CCCC(COc1ccc(C)c(C)c1)NC. The molecule has 0 saturated heterocycles. The van der Waals surface area contributed by atoms with E-state index < -0.39 is 0 Å². The maximum Gasteiger partial charge on any atom is 0.119 e. The van der Waals surface area contributed by atoms with Crippen molar-refractivity contribution in [2.45, 2.75) is 53.5 Å². The number of benzene rings is 1. The number of aryl methyl sites for hydroxylation is 2. The van der Waals surface area contributed by atoms with Crippen molar-refractivity contribution < 1.29 is 4.74 Å². The summed E-state index contributed by atoms with van der Waals surface area (Å²) >= 11 is 0. The van der Waals surface area contributed by atoms with E-state index in [2.05, 4.69) is 38.2 Å². The molecule has 104 valence electrons. The average molecular weight is 251 g/mol. The summed E-state index contributed by atoms with van der Waals surface area (Å²) in [7, 11) is 1.99. The zero-order chi connectivity index (χ0) is 14.0. The van der Waals surface area contributed by atoms with Gasteiger partial charge in [-0.3, -0.25) is 0 Å². The van der Waals surface area contributed by atoms with Gasteiger partial charge in [0.1, 0.15) is 12.4 Å². The molecular weight excluding hydrogens is 222 g/mol. The molecule has 0 saturated carbocycles. The standard InChI is InChI=1S/C14H23NO.C2H6/c1-5-6-13(15-4)10-16-14-8-7-11(2)12(3)9-14;1-2/h7-9,13,15H,5-6,10H2,1-4H3;1-2H3. The Morgan fingerprint density at radius 1 is 1.17 bits per heavy atom. The molecule has 2 nitrogen and oxygen atoms in total. The number of ether oxygens (including phenoxy) is 1. The van der Waals surface area contributed by atoms with Crippen molar-refractivity contribution in [3.63, 3.8) is 0 Å². The first-order valence-corrected chi connectivity index (χ1v) is 7.04. The monoisotopic (exact) mass is 251 g/mol. The van der Waals surface area contributed by atoms with E-state index in [0.717, 1.165) is 18.8 Å². The van der Waals surface area contributed by atoms with E-state index in [9.17, 15) is 0 Å². The van der Waals surface area contributed by atoms with E-state index in [4.69, 9.17) is 4.74 Å². The van der Waals surface area contributed by atoms with Crippen molar-refractivity contribution in [1.29, 1.82) is 0 Å². The van der Waals surface area contributed by atoms with Crippen molar-refractivity contribution >= 4 is 0 Å². The normalized spacial score (nSPS) is 11.4. The van der Waals surface area contributed by atoms with Crippen molar-refractivity contribution in [3.05, 3.63) is 29.3 Å². The van der Waals surface area contributed by atoms with Crippen LogP contribution in [0.2, 0.25) is 0 Å². The van der Waals surface area contributed by atoms with Crippen LogP contribution in [-0.4, -0.2) is 19.7 Å². The molecule has 0 amide bonds. The fourth-order valence-electron chi connectivity index (χ4n) is 1.66. The third kappa shape index (κ3) is 6.06. The van der Waals surface area contributed by atoms with Gasteiger partial charge >= 0.3 is 0 Å². The molecule has 0 bridgehead atoms. The third-order valence-corrected chi connectivity index (χ3v) is 2.97. The van der Waals surface area contributed by atoms with Crippen LogP contribution in [0.5, 0.6) is 5.75 Å². The first kappa shape index (κ1) is 17.0. The predicted molar refractivity (Wildman–Crippen MR) is 80.5 cm³/mol. The number of nitrogens with one attached hydrogen (secondary N) is 1. The molecule has 0 heterocycles. The summed E-state index contributed by atoms with van der Waals surface area (Å²) in [6, 6.07) is 6.71. The zero-order valence-electron chi connectivity index (χ0n) is 12.8. The summed E-state index contributed by atoms with van der Waals surface area (Å²) in [5.74, 6) is 0.972. The highest BCUT2D eigenvalue weighted by Crippen LogP contribution is 2.16. The molecule has 0 aliphatic carbocycles. The second-order valence-corrected chi connectivity index (χ2v) is 4.33. The van der Waals surface area contributed by atoms with Gasteiger partial charge in [0.2, 0.25) is 0 Å². The highest BCUT2D eigenvalue weighted by atomic mass is 16.5. The van der Waals surface area contributed by atoms with Crippen LogP contribution in [0.25, 0.3) is 0 Å². The quantitative estimate of drug-likeness (QED) is 0.822. The summed E-state index contributed by atoms with van der Waals surface area (Å²) < 4.78 is 5.78. The van der Waals surface area contributed by atoms with E-state index in [1.165, 1.54) is 17.5 Å². The molecule has 0 aliphatic rings. The number of hydrogen-bond acceptors (Lipinski definition) is 2. The van der Waals surface area contributed by atoms with Crippen LogP contribution >= 0.6 is 0 Å². The Balaban J connectivity index is 0.00000137. The summed E-state index contributed by atoms with van der Waals surface area (Å²) in [5.41, 5.74) is 2.60. The summed E-state index contributed by atoms with van der Waals surface area (Å²) in [4.78, 5) is 0. The lowest BCUT2D eigenvalue weighted by molar-refractivity contribution is 0.262. The molecular formula is C16H29NO. The van der Waals surface area contributed by atoms with Crippen LogP contribution < -0.4 is 10.1 Å². The van der Waals surface area contributed by atoms with Gasteiger partial charge in [-0.2, -0.15) is 0 Å². The average Bonchev–Trinajstić information content (AvgIpc) is 2.40. The lowest BCUT2D eigenvalue weighted by Crippen LogP contribution is -2.31. The van der Waals surface area contributed by atoms with Gasteiger partial charge in [-0.1, -0.05) is 33.3 Å². The molecule has 1 unspecified atom stereocenters. The van der Waals surface area contributed by atoms with Crippen molar-refractivity contribution in [3.8, 4) is 5.75 Å². The molecule has 2 heteroatoms. The first-order valence-electron chi connectivity index (χ1n) is 7.04. The molecule has 0 aromatic heterocycles. The topological polar surface area (TPSA) is 21.3 Å². The summed E-state index contributed by atoms with van der Waals surface area (Å²) in [5, 5.41) is 3.27.